The van der Waals surface area contributed by atoms with Gasteiger partial charge in [0.1, 0.15) is 11.5 Å². The Hall–Kier alpha value is -0.660. The lowest BCUT2D eigenvalue weighted by molar-refractivity contribution is 0.230. The van der Waals surface area contributed by atoms with Gasteiger partial charge in [0.2, 0.25) is 0 Å². The smallest absolute Gasteiger partial charge is 0.127 e. The van der Waals surface area contributed by atoms with Gasteiger partial charge < -0.3 is 4.74 Å². The Morgan fingerprint density at radius 3 is 2.39 bits per heavy atom. The number of benzene rings is 1. The number of allylic oxidation sites excluding steroid dienone is 1. The molecule has 2 rings (SSSR count). The van der Waals surface area contributed by atoms with Gasteiger partial charge in [-0.1, -0.05) is 43.0 Å². The van der Waals surface area contributed by atoms with E-state index in [1.807, 2.05) is 24.3 Å². The quantitative estimate of drug-likeness (QED) is 0.638. The molecular formula is C15H18Cl2O. The third-order valence-corrected chi connectivity index (χ3v) is 4.35. The van der Waals surface area contributed by atoms with Crippen LogP contribution in [0.25, 0.3) is 0 Å². The fourth-order valence-corrected chi connectivity index (χ4v) is 3.10. The summed E-state index contributed by atoms with van der Waals surface area (Å²) in [4.78, 5) is 0. The molecule has 98 valence electrons. The van der Waals surface area contributed by atoms with E-state index in [9.17, 15) is 0 Å². The maximum Gasteiger partial charge on any atom is 0.127 e. The van der Waals surface area contributed by atoms with Crippen molar-refractivity contribution >= 4 is 23.2 Å². The fourth-order valence-electron chi connectivity index (χ4n) is 2.70. The van der Waals surface area contributed by atoms with Gasteiger partial charge in [0.05, 0.1) is 0 Å². The van der Waals surface area contributed by atoms with Crippen LogP contribution in [0.1, 0.15) is 39.0 Å². The number of hydrogen-bond donors (Lipinski definition) is 0. The van der Waals surface area contributed by atoms with Crippen LogP contribution in [0.3, 0.4) is 0 Å². The fraction of sp³-hybridized carbons (Fsp3) is 0.467. The van der Waals surface area contributed by atoms with E-state index < -0.39 is 0 Å². The molecule has 1 aromatic carbocycles. The minimum atomic E-state index is 0.126. The Morgan fingerprint density at radius 1 is 1.28 bits per heavy atom. The second kappa shape index (κ2) is 5.99. The summed E-state index contributed by atoms with van der Waals surface area (Å²) in [6, 6.07) is 7.41. The lowest BCUT2D eigenvalue weighted by atomic mass is 9.82. The Morgan fingerprint density at radius 2 is 1.89 bits per heavy atom. The van der Waals surface area contributed by atoms with Crippen LogP contribution >= 0.6 is 23.2 Å². The molecule has 0 atom stereocenters. The highest BCUT2D eigenvalue weighted by Gasteiger charge is 2.37. The molecule has 1 saturated carbocycles. The molecule has 0 radical (unpaired) electrons. The van der Waals surface area contributed by atoms with Crippen molar-refractivity contribution < 1.29 is 4.74 Å². The molecule has 0 bridgehead atoms. The highest BCUT2D eigenvalue weighted by molar-refractivity contribution is 6.30. The molecule has 1 aliphatic rings. The molecule has 0 saturated heterocycles. The van der Waals surface area contributed by atoms with E-state index >= 15 is 0 Å². The van der Waals surface area contributed by atoms with Crippen LogP contribution in [-0.2, 0) is 0 Å². The molecule has 0 aromatic heterocycles. The van der Waals surface area contributed by atoms with E-state index in [2.05, 4.69) is 6.92 Å². The van der Waals surface area contributed by atoms with E-state index in [1.165, 1.54) is 12.8 Å². The van der Waals surface area contributed by atoms with Crippen molar-refractivity contribution in [3.63, 3.8) is 0 Å². The molecule has 0 spiro atoms. The van der Waals surface area contributed by atoms with Crippen molar-refractivity contribution in [2.45, 2.75) is 39.0 Å². The number of rotatable bonds is 4. The predicted octanol–water partition coefficient (Wildman–Crippen LogP) is 5.77. The zero-order valence-corrected chi connectivity index (χ0v) is 12.1. The SMILES string of the molecule is CCC1(/C(=C/Cl)Oc2ccc(Cl)cc2)CCCC1. The van der Waals surface area contributed by atoms with Crippen molar-refractivity contribution in [2.24, 2.45) is 5.41 Å². The minimum absolute atomic E-state index is 0.126. The normalized spacial score (nSPS) is 18.9. The van der Waals surface area contributed by atoms with Crippen molar-refractivity contribution in [3.05, 3.63) is 40.6 Å². The molecule has 1 aliphatic carbocycles. The first-order chi connectivity index (χ1) is 8.70. The van der Waals surface area contributed by atoms with Crippen molar-refractivity contribution in [3.8, 4) is 5.75 Å². The minimum Gasteiger partial charge on any atom is -0.460 e. The highest BCUT2D eigenvalue weighted by Crippen LogP contribution is 2.47. The van der Waals surface area contributed by atoms with Crippen LogP contribution in [-0.4, -0.2) is 0 Å². The van der Waals surface area contributed by atoms with Gasteiger partial charge in [0.25, 0.3) is 0 Å². The number of halogens is 2. The average Bonchev–Trinajstić information content (AvgIpc) is 2.88. The van der Waals surface area contributed by atoms with Gasteiger partial charge in [0.15, 0.2) is 0 Å². The van der Waals surface area contributed by atoms with Crippen LogP contribution in [0, 0.1) is 5.41 Å². The molecule has 1 aromatic rings. The van der Waals surface area contributed by atoms with Crippen LogP contribution in [0.15, 0.2) is 35.6 Å². The molecule has 0 aliphatic heterocycles. The van der Waals surface area contributed by atoms with Gasteiger partial charge in [0, 0.05) is 16.0 Å². The van der Waals surface area contributed by atoms with Crippen molar-refractivity contribution in [2.75, 3.05) is 0 Å². The summed E-state index contributed by atoms with van der Waals surface area (Å²) in [6.45, 7) is 2.21. The third kappa shape index (κ3) is 2.84. The maximum absolute atomic E-state index is 5.98. The second-order valence-corrected chi connectivity index (χ2v) is 5.52. The van der Waals surface area contributed by atoms with E-state index in [4.69, 9.17) is 27.9 Å². The first kappa shape index (κ1) is 13.8. The van der Waals surface area contributed by atoms with E-state index in [0.29, 0.717) is 5.02 Å². The number of hydrogen-bond acceptors (Lipinski definition) is 1. The molecule has 3 heteroatoms. The van der Waals surface area contributed by atoms with Gasteiger partial charge in [-0.2, -0.15) is 0 Å². The van der Waals surface area contributed by atoms with Gasteiger partial charge in [-0.15, -0.1) is 0 Å². The summed E-state index contributed by atoms with van der Waals surface area (Å²) in [5, 5.41) is 0.713. The lowest BCUT2D eigenvalue weighted by Gasteiger charge is -2.29. The maximum atomic E-state index is 5.98. The summed E-state index contributed by atoms with van der Waals surface area (Å²) >= 11 is 11.9. The van der Waals surface area contributed by atoms with Gasteiger partial charge in [-0.3, -0.25) is 0 Å². The van der Waals surface area contributed by atoms with Crippen LogP contribution in [0.4, 0.5) is 0 Å². The summed E-state index contributed by atoms with van der Waals surface area (Å²) < 4.78 is 5.97. The predicted molar refractivity (Wildman–Crippen MR) is 77.2 cm³/mol. The standard InChI is InChI=1S/C15H18Cl2O/c1-2-15(9-3-4-10-15)14(11-16)18-13-7-5-12(17)6-8-13/h5-8,11H,2-4,9-10H2,1H3/b14-11-. The Labute approximate surface area is 119 Å². The molecule has 1 nitrogen and oxygen atoms in total. The van der Waals surface area contributed by atoms with E-state index in [1.54, 1.807) is 5.54 Å². The topological polar surface area (TPSA) is 9.23 Å². The molecule has 0 amide bonds. The van der Waals surface area contributed by atoms with Gasteiger partial charge in [-0.25, -0.2) is 0 Å². The largest absolute Gasteiger partial charge is 0.460 e. The third-order valence-electron chi connectivity index (χ3n) is 3.90. The van der Waals surface area contributed by atoms with E-state index in [0.717, 1.165) is 30.8 Å². The van der Waals surface area contributed by atoms with Crippen LogP contribution < -0.4 is 4.74 Å². The van der Waals surface area contributed by atoms with E-state index in [-0.39, 0.29) is 5.41 Å². The average molecular weight is 285 g/mol. The van der Waals surface area contributed by atoms with Gasteiger partial charge in [-0.05, 0) is 43.5 Å². The summed E-state index contributed by atoms with van der Waals surface area (Å²) in [5.74, 6) is 1.69. The molecular weight excluding hydrogens is 267 g/mol. The molecule has 1 fully saturated rings. The monoisotopic (exact) mass is 284 g/mol. The lowest BCUT2D eigenvalue weighted by Crippen LogP contribution is -2.22. The van der Waals surface area contributed by atoms with Crippen molar-refractivity contribution in [1.82, 2.24) is 0 Å². The zero-order chi connectivity index (χ0) is 13.0. The molecule has 0 N–H and O–H groups in total. The Balaban J connectivity index is 2.17. The summed E-state index contributed by atoms with van der Waals surface area (Å²) in [7, 11) is 0. The van der Waals surface area contributed by atoms with Crippen molar-refractivity contribution in [1.29, 1.82) is 0 Å². The summed E-state index contributed by atoms with van der Waals surface area (Å²) in [6.07, 6.45) is 5.91. The first-order valence-electron chi connectivity index (χ1n) is 6.44. The molecule has 0 unspecified atom stereocenters. The second-order valence-electron chi connectivity index (χ2n) is 4.87. The molecule has 18 heavy (non-hydrogen) atoms. The van der Waals surface area contributed by atoms with Crippen LogP contribution in [0.2, 0.25) is 5.02 Å². The summed E-state index contributed by atoms with van der Waals surface area (Å²) in [5.41, 5.74) is 1.73. The Bertz CT molecular complexity index is 417. The number of ether oxygens (including phenoxy) is 1. The molecule has 0 heterocycles. The van der Waals surface area contributed by atoms with Gasteiger partial charge >= 0.3 is 0 Å². The zero-order valence-electron chi connectivity index (χ0n) is 10.6. The Kier molecular flexibility index (Phi) is 4.58. The van der Waals surface area contributed by atoms with Crippen LogP contribution in [0.5, 0.6) is 5.75 Å². The first-order valence-corrected chi connectivity index (χ1v) is 7.26. The highest BCUT2D eigenvalue weighted by atomic mass is 35.5.